The van der Waals surface area contributed by atoms with Crippen LogP contribution in [0.5, 0.6) is 0 Å². The van der Waals surface area contributed by atoms with Gasteiger partial charge in [-0.3, -0.25) is 9.59 Å². The Labute approximate surface area is 150 Å². The maximum Gasteiger partial charge on any atom is 0.239 e. The molecule has 6 heteroatoms. The number of nitrogens with one attached hydrogen (secondary N) is 2. The lowest BCUT2D eigenvalue weighted by atomic mass is 10.1. The highest BCUT2D eigenvalue weighted by molar-refractivity contribution is 6.09. The van der Waals surface area contributed by atoms with Crippen molar-refractivity contribution in [2.45, 2.75) is 33.6 Å². The van der Waals surface area contributed by atoms with E-state index in [4.69, 9.17) is 0 Å². The summed E-state index contributed by atoms with van der Waals surface area (Å²) in [7, 11) is 0. The Bertz CT molecular complexity index is 557. The third-order valence-corrected chi connectivity index (χ3v) is 4.07. The van der Waals surface area contributed by atoms with Gasteiger partial charge in [0.1, 0.15) is 5.92 Å². The highest BCUT2D eigenvalue weighted by Gasteiger charge is 2.37. The molecule has 134 valence electrons. The number of rotatable bonds is 7. The van der Waals surface area contributed by atoms with Gasteiger partial charge in [-0.05, 0) is 56.5 Å². The van der Waals surface area contributed by atoms with E-state index in [1.165, 1.54) is 0 Å². The zero-order valence-electron chi connectivity index (χ0n) is 14.7. The van der Waals surface area contributed by atoms with E-state index in [-0.39, 0.29) is 24.2 Å². The zero-order valence-corrected chi connectivity index (χ0v) is 15.5. The molecule has 1 unspecified atom stereocenters. The molecule has 1 atom stereocenters. The number of hydrogen-bond donors (Lipinski definition) is 2. The van der Waals surface area contributed by atoms with E-state index in [0.29, 0.717) is 19.5 Å². The fourth-order valence-electron chi connectivity index (χ4n) is 2.99. The summed E-state index contributed by atoms with van der Waals surface area (Å²) in [5.41, 5.74) is 3.15. The monoisotopic (exact) mass is 353 g/mol. The van der Waals surface area contributed by atoms with Crippen molar-refractivity contribution in [3.05, 3.63) is 29.3 Å². The molecule has 24 heavy (non-hydrogen) atoms. The fourth-order valence-corrected chi connectivity index (χ4v) is 2.99. The first kappa shape index (κ1) is 20.5. The molecule has 2 rings (SSSR count). The summed E-state index contributed by atoms with van der Waals surface area (Å²) in [6, 6.07) is 6.08. The molecule has 1 saturated heterocycles. The van der Waals surface area contributed by atoms with Crippen molar-refractivity contribution in [3.63, 3.8) is 0 Å². The van der Waals surface area contributed by atoms with Crippen molar-refractivity contribution in [2.24, 2.45) is 5.92 Å². The molecule has 0 aromatic heterocycles. The third kappa shape index (κ3) is 5.21. The van der Waals surface area contributed by atoms with Crippen LogP contribution in [0.4, 0.5) is 5.69 Å². The molecule has 1 aromatic rings. The Kier molecular flexibility index (Phi) is 8.22. The zero-order chi connectivity index (χ0) is 16.8. The largest absolute Gasteiger partial charge is 0.354 e. The molecule has 1 aromatic carbocycles. The molecule has 0 spiro atoms. The first-order chi connectivity index (χ1) is 11.0. The first-order valence-electron chi connectivity index (χ1n) is 8.41. The lowest BCUT2D eigenvalue weighted by Crippen LogP contribution is -2.39. The van der Waals surface area contributed by atoms with Gasteiger partial charge in [-0.15, -0.1) is 12.4 Å². The van der Waals surface area contributed by atoms with Gasteiger partial charge in [0.25, 0.3) is 0 Å². The minimum Gasteiger partial charge on any atom is -0.354 e. The summed E-state index contributed by atoms with van der Waals surface area (Å²) in [4.78, 5) is 26.5. The number of amides is 2. The second kappa shape index (κ2) is 9.64. The molecular weight excluding hydrogens is 326 g/mol. The average molecular weight is 354 g/mol. The average Bonchev–Trinajstić information content (AvgIpc) is 2.87. The number of nitrogens with zero attached hydrogens (tertiary/aromatic N) is 1. The lowest BCUT2D eigenvalue weighted by Gasteiger charge is -2.18. The van der Waals surface area contributed by atoms with Crippen molar-refractivity contribution in [2.75, 3.05) is 31.1 Å². The summed E-state index contributed by atoms with van der Waals surface area (Å²) in [6.07, 6.45) is 1.65. The van der Waals surface area contributed by atoms with Crippen LogP contribution >= 0.6 is 12.4 Å². The fraction of sp³-hybridized carbons (Fsp3) is 0.556. The Balaban J connectivity index is 0.00000288. The molecule has 0 saturated carbocycles. The van der Waals surface area contributed by atoms with E-state index in [0.717, 1.165) is 36.3 Å². The topological polar surface area (TPSA) is 61.4 Å². The second-order valence-corrected chi connectivity index (χ2v) is 6.22. The van der Waals surface area contributed by atoms with E-state index in [9.17, 15) is 9.59 Å². The maximum atomic E-state index is 12.6. The predicted octanol–water partition coefficient (Wildman–Crippen LogP) is 2.19. The standard InChI is InChI=1S/C18H27N3O2.ClH/c1-4-6-19-7-8-20-17(22)16-5-9-21(18(16)23)15-11-13(2)10-14(3)12-15;/h10-12,16,19H,4-9H2,1-3H3,(H,20,22);1H. The highest BCUT2D eigenvalue weighted by atomic mass is 35.5. The molecule has 1 aliphatic rings. The van der Waals surface area contributed by atoms with E-state index < -0.39 is 5.92 Å². The lowest BCUT2D eigenvalue weighted by molar-refractivity contribution is -0.132. The Morgan fingerprint density at radius 3 is 2.46 bits per heavy atom. The number of carbonyl (C=O) groups excluding carboxylic acids is 2. The van der Waals surface area contributed by atoms with Gasteiger partial charge < -0.3 is 15.5 Å². The normalized spacial score (nSPS) is 16.9. The van der Waals surface area contributed by atoms with E-state index in [2.05, 4.69) is 23.6 Å². The molecule has 1 fully saturated rings. The summed E-state index contributed by atoms with van der Waals surface area (Å²) in [5, 5.41) is 6.09. The van der Waals surface area contributed by atoms with Crippen molar-refractivity contribution in [3.8, 4) is 0 Å². The van der Waals surface area contributed by atoms with Crippen LogP contribution in [-0.4, -0.2) is 38.0 Å². The summed E-state index contributed by atoms with van der Waals surface area (Å²) in [5.74, 6) is -0.795. The van der Waals surface area contributed by atoms with Crippen molar-refractivity contribution in [1.29, 1.82) is 0 Å². The number of halogens is 1. The predicted molar refractivity (Wildman–Crippen MR) is 99.8 cm³/mol. The maximum absolute atomic E-state index is 12.6. The van der Waals surface area contributed by atoms with Gasteiger partial charge in [-0.1, -0.05) is 13.0 Å². The molecule has 2 N–H and O–H groups in total. The van der Waals surface area contributed by atoms with Crippen LogP contribution < -0.4 is 15.5 Å². The van der Waals surface area contributed by atoms with Crippen LogP contribution in [0.15, 0.2) is 18.2 Å². The highest BCUT2D eigenvalue weighted by Crippen LogP contribution is 2.27. The van der Waals surface area contributed by atoms with Gasteiger partial charge in [0, 0.05) is 25.3 Å². The SMILES string of the molecule is CCCNCCNC(=O)C1CCN(c2cc(C)cc(C)c2)C1=O.Cl. The van der Waals surface area contributed by atoms with Gasteiger partial charge in [0.05, 0.1) is 0 Å². The number of carbonyl (C=O) groups is 2. The van der Waals surface area contributed by atoms with Crippen molar-refractivity contribution in [1.82, 2.24) is 10.6 Å². The van der Waals surface area contributed by atoms with Gasteiger partial charge in [0.15, 0.2) is 0 Å². The smallest absolute Gasteiger partial charge is 0.239 e. The molecule has 0 aliphatic carbocycles. The molecule has 5 nitrogen and oxygen atoms in total. The van der Waals surface area contributed by atoms with Crippen LogP contribution in [0.3, 0.4) is 0 Å². The summed E-state index contributed by atoms with van der Waals surface area (Å²) < 4.78 is 0. The number of anilines is 1. The van der Waals surface area contributed by atoms with Crippen LogP contribution in [-0.2, 0) is 9.59 Å². The van der Waals surface area contributed by atoms with E-state index in [1.807, 2.05) is 26.0 Å². The van der Waals surface area contributed by atoms with Crippen LogP contribution in [0, 0.1) is 19.8 Å². The minimum atomic E-state index is -0.554. The number of benzene rings is 1. The Hall–Kier alpha value is -1.59. The molecule has 1 heterocycles. The molecule has 1 aliphatic heterocycles. The van der Waals surface area contributed by atoms with Gasteiger partial charge in [-0.25, -0.2) is 0 Å². The van der Waals surface area contributed by atoms with Crippen molar-refractivity contribution >= 4 is 29.9 Å². The Morgan fingerprint density at radius 2 is 1.83 bits per heavy atom. The van der Waals surface area contributed by atoms with E-state index in [1.54, 1.807) is 4.90 Å². The minimum absolute atomic E-state index is 0. The molecule has 2 amide bonds. The first-order valence-corrected chi connectivity index (χ1v) is 8.41. The van der Waals surface area contributed by atoms with Gasteiger partial charge in [0.2, 0.25) is 11.8 Å². The number of aryl methyl sites for hydroxylation is 2. The summed E-state index contributed by atoms with van der Waals surface area (Å²) in [6.45, 7) is 8.99. The molecule has 0 bridgehead atoms. The number of hydrogen-bond acceptors (Lipinski definition) is 3. The Morgan fingerprint density at radius 1 is 1.17 bits per heavy atom. The quantitative estimate of drug-likeness (QED) is 0.583. The molecular formula is C18H28ClN3O2. The van der Waals surface area contributed by atoms with Crippen LogP contribution in [0.1, 0.15) is 30.9 Å². The van der Waals surface area contributed by atoms with Crippen molar-refractivity contribution < 1.29 is 9.59 Å². The third-order valence-electron chi connectivity index (χ3n) is 4.07. The van der Waals surface area contributed by atoms with E-state index >= 15 is 0 Å². The molecule has 0 radical (unpaired) electrons. The van der Waals surface area contributed by atoms with Crippen LogP contribution in [0.25, 0.3) is 0 Å². The van der Waals surface area contributed by atoms with Gasteiger partial charge in [-0.2, -0.15) is 0 Å². The van der Waals surface area contributed by atoms with Crippen LogP contribution in [0.2, 0.25) is 0 Å². The van der Waals surface area contributed by atoms with Gasteiger partial charge >= 0.3 is 0 Å². The second-order valence-electron chi connectivity index (χ2n) is 6.22. The summed E-state index contributed by atoms with van der Waals surface area (Å²) >= 11 is 0.